The van der Waals surface area contributed by atoms with E-state index in [0.717, 1.165) is 0 Å². The molecule has 0 radical (unpaired) electrons. The van der Waals surface area contributed by atoms with Crippen LogP contribution in [0.2, 0.25) is 0 Å². The van der Waals surface area contributed by atoms with Crippen molar-refractivity contribution in [1.82, 2.24) is 4.72 Å². The molecule has 20 heavy (non-hydrogen) atoms. The first-order valence-electron chi connectivity index (χ1n) is 5.70. The van der Waals surface area contributed by atoms with Gasteiger partial charge in [-0.3, -0.25) is 4.21 Å². The second kappa shape index (κ2) is 7.39. The molecule has 0 heterocycles. The Morgan fingerprint density at radius 3 is 2.65 bits per heavy atom. The summed E-state index contributed by atoms with van der Waals surface area (Å²) in [6.45, 7) is 0.209. The number of hydrogen-bond acceptors (Lipinski definition) is 5. The minimum Gasteiger partial charge on any atom is -0.495 e. The van der Waals surface area contributed by atoms with Crippen LogP contribution in [0.3, 0.4) is 0 Å². The lowest BCUT2D eigenvalue weighted by atomic mass is 10.3. The molecular weight excluding hydrogens is 368 g/mol. The number of hydrogen-bond donors (Lipinski definition) is 2. The number of methoxy groups -OCH3 is 1. The predicted molar refractivity (Wildman–Crippen MR) is 83.8 cm³/mol. The van der Waals surface area contributed by atoms with Crippen LogP contribution in [-0.4, -0.2) is 38.3 Å². The van der Waals surface area contributed by atoms with Crippen LogP contribution in [0.1, 0.15) is 6.42 Å². The van der Waals surface area contributed by atoms with Crippen LogP contribution in [0, 0.1) is 0 Å². The van der Waals surface area contributed by atoms with Crippen molar-refractivity contribution in [2.75, 3.05) is 31.4 Å². The van der Waals surface area contributed by atoms with Gasteiger partial charge in [-0.15, -0.1) is 0 Å². The quantitative estimate of drug-likeness (QED) is 0.541. The summed E-state index contributed by atoms with van der Waals surface area (Å²) in [5.74, 6) is 0.653. The first kappa shape index (κ1) is 17.4. The largest absolute Gasteiger partial charge is 0.495 e. The Kier molecular flexibility index (Phi) is 6.44. The molecule has 1 rings (SSSR count). The van der Waals surface area contributed by atoms with Gasteiger partial charge in [-0.25, -0.2) is 13.1 Å². The minimum absolute atomic E-state index is 0.0154. The molecule has 0 saturated carbocycles. The van der Waals surface area contributed by atoms with E-state index in [1.165, 1.54) is 19.2 Å². The Balaban J connectivity index is 2.92. The Morgan fingerprint density at radius 1 is 1.45 bits per heavy atom. The summed E-state index contributed by atoms with van der Waals surface area (Å²) in [6.07, 6.45) is 2.07. The average Bonchev–Trinajstić information content (AvgIpc) is 2.37. The Bertz CT molecular complexity index is 605. The average molecular weight is 385 g/mol. The summed E-state index contributed by atoms with van der Waals surface area (Å²) in [4.78, 5) is -0.0154. The third kappa shape index (κ3) is 4.72. The van der Waals surface area contributed by atoms with Gasteiger partial charge in [-0.05, 0) is 34.5 Å². The van der Waals surface area contributed by atoms with Gasteiger partial charge < -0.3 is 10.5 Å². The van der Waals surface area contributed by atoms with Gasteiger partial charge in [0.25, 0.3) is 0 Å². The number of nitrogens with two attached hydrogens (primary N) is 1. The number of anilines is 1. The summed E-state index contributed by atoms with van der Waals surface area (Å²) in [5, 5.41) is 0. The van der Waals surface area contributed by atoms with Gasteiger partial charge in [0.2, 0.25) is 10.0 Å². The van der Waals surface area contributed by atoms with Gasteiger partial charge in [0, 0.05) is 39.5 Å². The van der Waals surface area contributed by atoms with E-state index in [-0.39, 0.29) is 17.2 Å². The Morgan fingerprint density at radius 2 is 2.10 bits per heavy atom. The summed E-state index contributed by atoms with van der Waals surface area (Å²) >= 11 is 3.21. The molecule has 0 bridgehead atoms. The molecule has 0 amide bonds. The van der Waals surface area contributed by atoms with Crippen molar-refractivity contribution >= 4 is 42.4 Å². The predicted octanol–water partition coefficient (Wildman–Crippen LogP) is 1.09. The van der Waals surface area contributed by atoms with Crippen LogP contribution in [0.25, 0.3) is 0 Å². The summed E-state index contributed by atoms with van der Waals surface area (Å²) in [5.41, 5.74) is 6.01. The van der Waals surface area contributed by atoms with E-state index >= 15 is 0 Å². The van der Waals surface area contributed by atoms with Gasteiger partial charge in [0.1, 0.15) is 10.6 Å². The first-order valence-corrected chi connectivity index (χ1v) is 9.71. The molecule has 0 fully saturated rings. The Labute approximate surface area is 129 Å². The van der Waals surface area contributed by atoms with Crippen LogP contribution < -0.4 is 15.2 Å². The van der Waals surface area contributed by atoms with E-state index in [0.29, 0.717) is 22.3 Å². The zero-order chi connectivity index (χ0) is 15.3. The van der Waals surface area contributed by atoms with Crippen LogP contribution in [-0.2, 0) is 20.8 Å². The van der Waals surface area contributed by atoms with E-state index in [9.17, 15) is 12.6 Å². The van der Waals surface area contributed by atoms with Gasteiger partial charge in [-0.2, -0.15) is 0 Å². The van der Waals surface area contributed by atoms with Gasteiger partial charge in [0.05, 0.1) is 7.11 Å². The number of rotatable bonds is 7. The smallest absolute Gasteiger partial charge is 0.244 e. The number of sulfonamides is 1. The van der Waals surface area contributed by atoms with E-state index in [4.69, 9.17) is 10.5 Å². The second-order valence-electron chi connectivity index (χ2n) is 4.05. The molecular formula is C11H17BrN2O4S2. The van der Waals surface area contributed by atoms with Crippen molar-refractivity contribution in [3.63, 3.8) is 0 Å². The third-order valence-corrected chi connectivity index (χ3v) is 5.51. The molecule has 0 saturated heterocycles. The zero-order valence-electron chi connectivity index (χ0n) is 11.2. The number of halogens is 1. The highest BCUT2D eigenvalue weighted by Gasteiger charge is 2.20. The van der Waals surface area contributed by atoms with Crippen molar-refractivity contribution < 1.29 is 17.4 Å². The fraction of sp³-hybridized carbons (Fsp3) is 0.455. The third-order valence-electron chi connectivity index (χ3n) is 2.47. The second-order valence-corrected chi connectivity index (χ2v) is 8.20. The maximum atomic E-state index is 12.2. The summed E-state index contributed by atoms with van der Waals surface area (Å²) in [6, 6.07) is 2.84. The Hall–Kier alpha value is -0.640. The highest BCUT2D eigenvalue weighted by molar-refractivity contribution is 9.10. The summed E-state index contributed by atoms with van der Waals surface area (Å²) < 4.78 is 43.3. The highest BCUT2D eigenvalue weighted by atomic mass is 79.9. The van der Waals surface area contributed by atoms with Crippen LogP contribution >= 0.6 is 15.9 Å². The van der Waals surface area contributed by atoms with E-state index < -0.39 is 20.8 Å². The van der Waals surface area contributed by atoms with Gasteiger partial charge >= 0.3 is 0 Å². The fourth-order valence-corrected chi connectivity index (χ4v) is 3.61. The molecule has 1 unspecified atom stereocenters. The van der Waals surface area contributed by atoms with E-state index in [2.05, 4.69) is 20.7 Å². The monoisotopic (exact) mass is 384 g/mol. The lowest BCUT2D eigenvalue weighted by molar-refractivity contribution is 0.402. The summed E-state index contributed by atoms with van der Waals surface area (Å²) in [7, 11) is -3.27. The molecule has 0 spiro atoms. The molecule has 0 aliphatic heterocycles. The minimum atomic E-state index is -3.72. The topological polar surface area (TPSA) is 98.5 Å². The van der Waals surface area contributed by atoms with Gasteiger partial charge in [-0.1, -0.05) is 0 Å². The van der Waals surface area contributed by atoms with Crippen LogP contribution in [0.4, 0.5) is 5.69 Å². The number of nitrogen functional groups attached to an aromatic ring is 1. The molecule has 1 atom stereocenters. The number of nitrogens with one attached hydrogen (secondary N) is 1. The molecule has 114 valence electrons. The molecule has 3 N–H and O–H groups in total. The van der Waals surface area contributed by atoms with E-state index in [1.54, 1.807) is 6.26 Å². The van der Waals surface area contributed by atoms with E-state index in [1.807, 2.05) is 0 Å². The molecule has 6 nitrogen and oxygen atoms in total. The van der Waals surface area contributed by atoms with Crippen molar-refractivity contribution in [3.8, 4) is 5.75 Å². The number of benzene rings is 1. The lowest BCUT2D eigenvalue weighted by Gasteiger charge is -2.12. The standard InChI is InChI=1S/C11H17BrN2O4S2/c1-18-10-6-8(12)9(13)7-11(10)20(16,17)14-4-3-5-19(2)15/h6-7,14H,3-5,13H2,1-2H3. The molecule has 1 aromatic rings. The van der Waals surface area contributed by atoms with Crippen molar-refractivity contribution in [2.24, 2.45) is 0 Å². The fourth-order valence-electron chi connectivity index (χ4n) is 1.48. The normalized spacial score (nSPS) is 13.2. The van der Waals surface area contributed by atoms with Crippen molar-refractivity contribution in [1.29, 1.82) is 0 Å². The maximum Gasteiger partial charge on any atom is 0.244 e. The van der Waals surface area contributed by atoms with Gasteiger partial charge in [0.15, 0.2) is 0 Å². The SMILES string of the molecule is COc1cc(Br)c(N)cc1S(=O)(=O)NCCCS(C)=O. The molecule has 0 aromatic heterocycles. The number of ether oxygens (including phenoxy) is 1. The van der Waals surface area contributed by atoms with Crippen molar-refractivity contribution in [3.05, 3.63) is 16.6 Å². The van der Waals surface area contributed by atoms with Crippen molar-refractivity contribution in [2.45, 2.75) is 11.3 Å². The maximum absolute atomic E-state index is 12.2. The molecule has 0 aliphatic carbocycles. The molecule has 1 aromatic carbocycles. The molecule has 9 heteroatoms. The molecule has 0 aliphatic rings. The lowest BCUT2D eigenvalue weighted by Crippen LogP contribution is -2.26. The zero-order valence-corrected chi connectivity index (χ0v) is 14.4. The highest BCUT2D eigenvalue weighted by Crippen LogP contribution is 2.32. The van der Waals surface area contributed by atoms with Crippen LogP contribution in [0.5, 0.6) is 5.75 Å². The first-order chi connectivity index (χ1) is 9.27. The van der Waals surface area contributed by atoms with Crippen LogP contribution in [0.15, 0.2) is 21.5 Å².